The maximum atomic E-state index is 9.60. The Morgan fingerprint density at radius 1 is 0.962 bits per heavy atom. The summed E-state index contributed by atoms with van der Waals surface area (Å²) in [6.45, 7) is 6.10. The quantitative estimate of drug-likeness (QED) is 0.460. The van der Waals surface area contributed by atoms with Crippen LogP contribution < -0.4 is 0 Å². The summed E-state index contributed by atoms with van der Waals surface area (Å²) in [5.41, 5.74) is 6.78. The van der Waals surface area contributed by atoms with E-state index in [4.69, 9.17) is 23.2 Å². The Hall–Kier alpha value is -2.47. The minimum atomic E-state index is 0.520. The number of nitriles is 1. The predicted octanol–water partition coefficient (Wildman–Crippen LogP) is 6.77. The van der Waals surface area contributed by atoms with Gasteiger partial charge >= 0.3 is 0 Å². The van der Waals surface area contributed by atoms with Gasteiger partial charge in [0.25, 0.3) is 0 Å². The Bertz CT molecular complexity index is 1040. The summed E-state index contributed by atoms with van der Waals surface area (Å²) in [6, 6.07) is 17.9. The van der Waals surface area contributed by atoms with E-state index in [9.17, 15) is 5.26 Å². The second-order valence-electron chi connectivity index (χ2n) is 6.30. The highest BCUT2D eigenvalue weighted by Crippen LogP contribution is 2.29. The Morgan fingerprint density at radius 3 is 2.27 bits per heavy atom. The fourth-order valence-electron chi connectivity index (χ4n) is 3.02. The van der Waals surface area contributed by atoms with Crippen LogP contribution in [0.3, 0.4) is 0 Å². The maximum absolute atomic E-state index is 9.60. The number of benzene rings is 2. The number of hydrogen-bond donors (Lipinski definition) is 0. The van der Waals surface area contributed by atoms with Gasteiger partial charge in [0.1, 0.15) is 0 Å². The van der Waals surface area contributed by atoms with Gasteiger partial charge in [-0.3, -0.25) is 0 Å². The second-order valence-corrected chi connectivity index (χ2v) is 7.11. The lowest BCUT2D eigenvalue weighted by molar-refractivity contribution is 0.965. The third-order valence-electron chi connectivity index (χ3n) is 4.41. The van der Waals surface area contributed by atoms with Crippen LogP contribution in [0.4, 0.5) is 0 Å². The van der Waals surface area contributed by atoms with Crippen LogP contribution in [0, 0.1) is 32.1 Å². The van der Waals surface area contributed by atoms with Gasteiger partial charge < -0.3 is 4.57 Å². The zero-order chi connectivity index (χ0) is 18.8. The van der Waals surface area contributed by atoms with Crippen molar-refractivity contribution in [1.29, 1.82) is 5.26 Å². The molecule has 0 saturated heterocycles. The number of rotatable bonds is 3. The molecule has 4 heteroatoms. The highest BCUT2D eigenvalue weighted by atomic mass is 35.5. The summed E-state index contributed by atoms with van der Waals surface area (Å²) in [5.74, 6) is 0. The van der Waals surface area contributed by atoms with E-state index >= 15 is 0 Å². The van der Waals surface area contributed by atoms with Gasteiger partial charge in [-0.05, 0) is 62.2 Å². The van der Waals surface area contributed by atoms with Crippen molar-refractivity contribution in [2.24, 2.45) is 0 Å². The van der Waals surface area contributed by atoms with Gasteiger partial charge in [0.05, 0.1) is 21.7 Å². The molecule has 0 aliphatic carbocycles. The molecule has 0 aliphatic rings. The molecule has 0 radical (unpaired) electrons. The van der Waals surface area contributed by atoms with Crippen LogP contribution in [0.15, 0.2) is 48.5 Å². The SMILES string of the molecule is Cc1ccc(/C(C#N)=C/c2cc(C)n(-c3ccc(Cl)c(Cl)c3)c2C)cc1. The predicted molar refractivity (Wildman–Crippen MR) is 110 cm³/mol. The van der Waals surface area contributed by atoms with E-state index < -0.39 is 0 Å². The number of allylic oxidation sites excluding steroid dienone is 1. The van der Waals surface area contributed by atoms with Crippen molar-refractivity contribution in [2.45, 2.75) is 20.8 Å². The van der Waals surface area contributed by atoms with Crippen molar-refractivity contribution in [2.75, 3.05) is 0 Å². The van der Waals surface area contributed by atoms with Gasteiger partial charge in [0, 0.05) is 17.1 Å². The van der Waals surface area contributed by atoms with E-state index in [0.717, 1.165) is 28.2 Å². The molecule has 0 saturated carbocycles. The van der Waals surface area contributed by atoms with E-state index in [1.165, 1.54) is 5.56 Å². The number of aromatic nitrogens is 1. The van der Waals surface area contributed by atoms with E-state index in [1.807, 2.05) is 63.2 Å². The lowest BCUT2D eigenvalue weighted by Gasteiger charge is -2.10. The van der Waals surface area contributed by atoms with Crippen LogP contribution in [-0.2, 0) is 0 Å². The molecule has 3 aromatic rings. The van der Waals surface area contributed by atoms with Gasteiger partial charge in [-0.15, -0.1) is 0 Å². The van der Waals surface area contributed by atoms with Crippen molar-refractivity contribution in [1.82, 2.24) is 4.57 Å². The molecule has 0 atom stereocenters. The van der Waals surface area contributed by atoms with E-state index in [1.54, 1.807) is 6.07 Å². The lowest BCUT2D eigenvalue weighted by atomic mass is 10.0. The topological polar surface area (TPSA) is 28.7 Å². The first kappa shape index (κ1) is 18.3. The molecule has 1 heterocycles. The van der Waals surface area contributed by atoms with Gasteiger partial charge in [-0.2, -0.15) is 5.26 Å². The molecule has 0 N–H and O–H groups in total. The Balaban J connectivity index is 2.08. The summed E-state index contributed by atoms with van der Waals surface area (Å²) in [7, 11) is 0. The zero-order valence-electron chi connectivity index (χ0n) is 14.8. The molecule has 0 bridgehead atoms. The lowest BCUT2D eigenvalue weighted by Crippen LogP contribution is -1.99. The molecule has 26 heavy (non-hydrogen) atoms. The molecule has 0 aliphatic heterocycles. The van der Waals surface area contributed by atoms with E-state index in [2.05, 4.69) is 16.7 Å². The van der Waals surface area contributed by atoms with Gasteiger partial charge in [0.15, 0.2) is 0 Å². The molecule has 2 aromatic carbocycles. The summed E-state index contributed by atoms with van der Waals surface area (Å²) < 4.78 is 2.11. The molecular formula is C22H18Cl2N2. The smallest absolute Gasteiger partial charge is 0.0998 e. The first-order valence-corrected chi connectivity index (χ1v) is 8.99. The maximum Gasteiger partial charge on any atom is 0.0998 e. The first-order chi connectivity index (χ1) is 12.4. The first-order valence-electron chi connectivity index (χ1n) is 8.24. The van der Waals surface area contributed by atoms with Gasteiger partial charge in [-0.25, -0.2) is 0 Å². The summed E-state index contributed by atoms with van der Waals surface area (Å²) >= 11 is 12.2. The Labute approximate surface area is 163 Å². The zero-order valence-corrected chi connectivity index (χ0v) is 16.4. The highest BCUT2D eigenvalue weighted by Gasteiger charge is 2.12. The average molecular weight is 381 g/mol. The van der Waals surface area contributed by atoms with Gasteiger partial charge in [-0.1, -0.05) is 53.0 Å². The Morgan fingerprint density at radius 2 is 1.65 bits per heavy atom. The van der Waals surface area contributed by atoms with E-state index in [-0.39, 0.29) is 0 Å². The van der Waals surface area contributed by atoms with Crippen molar-refractivity contribution in [3.05, 3.63) is 86.7 Å². The summed E-state index contributed by atoms with van der Waals surface area (Å²) in [5, 5.41) is 10.7. The summed E-state index contributed by atoms with van der Waals surface area (Å²) in [4.78, 5) is 0. The molecule has 0 amide bonds. The van der Waals surface area contributed by atoms with Crippen LogP contribution in [0.2, 0.25) is 10.0 Å². The molecule has 0 fully saturated rings. The Kier molecular flexibility index (Phi) is 5.23. The largest absolute Gasteiger partial charge is 0.318 e. The molecule has 0 spiro atoms. The fraction of sp³-hybridized carbons (Fsp3) is 0.136. The second kappa shape index (κ2) is 7.41. The van der Waals surface area contributed by atoms with Crippen LogP contribution >= 0.6 is 23.2 Å². The van der Waals surface area contributed by atoms with Crippen LogP contribution in [0.5, 0.6) is 0 Å². The molecule has 3 rings (SSSR count). The van der Waals surface area contributed by atoms with Crippen molar-refractivity contribution in [3.8, 4) is 11.8 Å². The standard InChI is InChI=1S/C22H18Cl2N2/c1-14-4-6-17(7-5-14)19(13-25)11-18-10-15(2)26(16(18)3)20-8-9-21(23)22(24)12-20/h4-12H,1-3H3/b19-11+. The summed E-state index contributed by atoms with van der Waals surface area (Å²) in [6.07, 6.45) is 1.93. The van der Waals surface area contributed by atoms with E-state index in [0.29, 0.717) is 15.6 Å². The fourth-order valence-corrected chi connectivity index (χ4v) is 3.32. The molecular weight excluding hydrogens is 363 g/mol. The number of aryl methyl sites for hydroxylation is 2. The number of nitrogens with zero attached hydrogens (tertiary/aromatic N) is 2. The molecule has 130 valence electrons. The average Bonchev–Trinajstić information content (AvgIpc) is 2.90. The number of halogens is 2. The third kappa shape index (κ3) is 3.55. The minimum Gasteiger partial charge on any atom is -0.318 e. The van der Waals surface area contributed by atoms with Crippen molar-refractivity contribution >= 4 is 34.9 Å². The van der Waals surface area contributed by atoms with Crippen LogP contribution in [-0.4, -0.2) is 4.57 Å². The monoisotopic (exact) mass is 380 g/mol. The van der Waals surface area contributed by atoms with Crippen LogP contribution in [0.25, 0.3) is 17.3 Å². The third-order valence-corrected chi connectivity index (χ3v) is 5.15. The minimum absolute atomic E-state index is 0.520. The number of hydrogen-bond acceptors (Lipinski definition) is 1. The van der Waals surface area contributed by atoms with Gasteiger partial charge in [0.2, 0.25) is 0 Å². The molecule has 0 unspecified atom stereocenters. The van der Waals surface area contributed by atoms with Crippen molar-refractivity contribution < 1.29 is 0 Å². The highest BCUT2D eigenvalue weighted by molar-refractivity contribution is 6.42. The van der Waals surface area contributed by atoms with Crippen molar-refractivity contribution in [3.63, 3.8) is 0 Å². The van der Waals surface area contributed by atoms with Crippen LogP contribution in [0.1, 0.15) is 28.1 Å². The normalized spacial score (nSPS) is 11.5. The molecule has 1 aromatic heterocycles. The molecule has 2 nitrogen and oxygen atoms in total.